The van der Waals surface area contributed by atoms with E-state index in [4.69, 9.17) is 4.74 Å². The van der Waals surface area contributed by atoms with Crippen LogP contribution in [0.15, 0.2) is 28.7 Å². The summed E-state index contributed by atoms with van der Waals surface area (Å²) in [5.41, 5.74) is -0.595. The summed E-state index contributed by atoms with van der Waals surface area (Å²) in [6.07, 6.45) is -0.494. The van der Waals surface area contributed by atoms with Crippen molar-refractivity contribution in [2.24, 2.45) is 5.92 Å². The van der Waals surface area contributed by atoms with E-state index in [-0.39, 0.29) is 18.4 Å². The molecular formula is C18H27BrN2O3. The Labute approximate surface area is 152 Å². The van der Waals surface area contributed by atoms with Gasteiger partial charge < -0.3 is 15.4 Å². The number of rotatable bonds is 5. The fraction of sp³-hybridized carbons (Fsp3) is 0.556. The molecule has 2 amide bonds. The zero-order chi connectivity index (χ0) is 18.5. The maximum atomic E-state index is 12.5. The van der Waals surface area contributed by atoms with E-state index in [9.17, 15) is 9.59 Å². The number of hydrogen-bond donors (Lipinski definition) is 2. The molecule has 24 heavy (non-hydrogen) atoms. The lowest BCUT2D eigenvalue weighted by Gasteiger charge is -2.35. The summed E-state index contributed by atoms with van der Waals surface area (Å²) in [5.74, 6) is -0.0676. The van der Waals surface area contributed by atoms with E-state index in [0.717, 1.165) is 4.47 Å². The van der Waals surface area contributed by atoms with Crippen LogP contribution in [-0.2, 0) is 4.74 Å². The molecule has 6 heteroatoms. The Morgan fingerprint density at radius 3 is 2.33 bits per heavy atom. The van der Waals surface area contributed by atoms with Crippen molar-refractivity contribution in [3.05, 3.63) is 34.3 Å². The van der Waals surface area contributed by atoms with E-state index in [2.05, 4.69) is 26.6 Å². The second-order valence-corrected chi connectivity index (χ2v) is 8.31. The molecule has 0 aliphatic carbocycles. The lowest BCUT2D eigenvalue weighted by atomic mass is 9.88. The summed E-state index contributed by atoms with van der Waals surface area (Å²) in [4.78, 5) is 24.4. The normalized spacial score (nSPS) is 14.0. The highest BCUT2D eigenvalue weighted by Gasteiger charge is 2.31. The van der Waals surface area contributed by atoms with E-state index in [1.807, 2.05) is 53.7 Å². The fourth-order valence-electron chi connectivity index (χ4n) is 1.92. The van der Waals surface area contributed by atoms with Gasteiger partial charge in [-0.25, -0.2) is 4.79 Å². The summed E-state index contributed by atoms with van der Waals surface area (Å²) >= 11 is 3.36. The topological polar surface area (TPSA) is 67.4 Å². The molecule has 0 radical (unpaired) electrons. The quantitative estimate of drug-likeness (QED) is 0.783. The lowest BCUT2D eigenvalue weighted by molar-refractivity contribution is 0.0497. The van der Waals surface area contributed by atoms with Crippen molar-refractivity contribution in [2.75, 3.05) is 6.54 Å². The van der Waals surface area contributed by atoms with Crippen molar-refractivity contribution in [2.45, 2.75) is 52.7 Å². The standard InChI is InChI=1S/C18H27BrN2O3/c1-12(2)18(6,11-20-16(23)24-17(3,4)5)21-15(22)13-8-7-9-14(19)10-13/h7-10,12H,11H2,1-6H3,(H,20,23)(H,21,22). The number of nitrogens with one attached hydrogen (secondary N) is 2. The largest absolute Gasteiger partial charge is 0.444 e. The molecule has 0 bridgehead atoms. The van der Waals surface area contributed by atoms with Gasteiger partial charge in [0.1, 0.15) is 5.60 Å². The molecule has 0 heterocycles. The second kappa shape index (κ2) is 8.01. The number of benzene rings is 1. The van der Waals surface area contributed by atoms with Crippen molar-refractivity contribution in [1.82, 2.24) is 10.6 Å². The van der Waals surface area contributed by atoms with E-state index in [1.54, 1.807) is 12.1 Å². The van der Waals surface area contributed by atoms with Crippen LogP contribution in [0, 0.1) is 5.92 Å². The Bertz CT molecular complexity index is 596. The van der Waals surface area contributed by atoms with E-state index in [0.29, 0.717) is 5.56 Å². The van der Waals surface area contributed by atoms with Crippen molar-refractivity contribution in [3.63, 3.8) is 0 Å². The zero-order valence-corrected chi connectivity index (χ0v) is 16.8. The molecule has 5 nitrogen and oxygen atoms in total. The van der Waals surface area contributed by atoms with Crippen LogP contribution in [0.2, 0.25) is 0 Å². The van der Waals surface area contributed by atoms with Gasteiger partial charge >= 0.3 is 6.09 Å². The summed E-state index contributed by atoms with van der Waals surface area (Å²) in [5, 5.41) is 5.77. The smallest absolute Gasteiger partial charge is 0.407 e. The molecule has 0 saturated heterocycles. The van der Waals surface area contributed by atoms with Gasteiger partial charge in [-0.2, -0.15) is 0 Å². The number of ether oxygens (including phenoxy) is 1. The van der Waals surface area contributed by atoms with Crippen molar-refractivity contribution >= 4 is 27.9 Å². The highest BCUT2D eigenvalue weighted by molar-refractivity contribution is 9.10. The first kappa shape index (κ1) is 20.5. The number of alkyl carbamates (subject to hydrolysis) is 1. The van der Waals surface area contributed by atoms with Crippen LogP contribution in [0.5, 0.6) is 0 Å². The lowest BCUT2D eigenvalue weighted by Crippen LogP contribution is -2.57. The summed E-state index contributed by atoms with van der Waals surface area (Å²) < 4.78 is 6.09. The number of hydrogen-bond acceptors (Lipinski definition) is 3. The summed E-state index contributed by atoms with van der Waals surface area (Å²) in [7, 11) is 0. The average molecular weight is 399 g/mol. The molecule has 1 rings (SSSR count). The van der Waals surface area contributed by atoms with Crippen LogP contribution in [0.4, 0.5) is 4.79 Å². The van der Waals surface area contributed by atoms with Gasteiger partial charge in [0.15, 0.2) is 0 Å². The molecule has 0 aliphatic heterocycles. The van der Waals surface area contributed by atoms with Crippen LogP contribution < -0.4 is 10.6 Å². The monoisotopic (exact) mass is 398 g/mol. The minimum absolute atomic E-state index is 0.114. The molecule has 1 atom stereocenters. The predicted molar refractivity (Wildman–Crippen MR) is 99.1 cm³/mol. The Morgan fingerprint density at radius 2 is 1.83 bits per heavy atom. The molecule has 0 saturated carbocycles. The van der Waals surface area contributed by atoms with Gasteiger partial charge in [0.2, 0.25) is 0 Å². The third kappa shape index (κ3) is 6.51. The van der Waals surface area contributed by atoms with Gasteiger partial charge in [0, 0.05) is 16.6 Å². The molecule has 1 aromatic rings. The molecule has 0 fully saturated rings. The number of halogens is 1. The van der Waals surface area contributed by atoms with Crippen molar-refractivity contribution in [3.8, 4) is 0 Å². The van der Waals surface area contributed by atoms with Crippen LogP contribution in [-0.4, -0.2) is 29.7 Å². The summed E-state index contributed by atoms with van der Waals surface area (Å²) in [6.45, 7) is 11.6. The third-order valence-electron chi connectivity index (χ3n) is 3.76. The molecule has 0 aromatic heterocycles. The van der Waals surface area contributed by atoms with Gasteiger partial charge in [0.05, 0.1) is 5.54 Å². The second-order valence-electron chi connectivity index (χ2n) is 7.39. The highest BCUT2D eigenvalue weighted by Crippen LogP contribution is 2.18. The van der Waals surface area contributed by atoms with Crippen LogP contribution >= 0.6 is 15.9 Å². The van der Waals surface area contributed by atoms with Crippen LogP contribution in [0.25, 0.3) is 0 Å². The van der Waals surface area contributed by atoms with Gasteiger partial charge in [0.25, 0.3) is 5.91 Å². The molecule has 0 aliphatic rings. The first-order valence-electron chi connectivity index (χ1n) is 7.98. The molecule has 0 spiro atoms. The maximum absolute atomic E-state index is 12.5. The van der Waals surface area contributed by atoms with Crippen molar-refractivity contribution in [1.29, 1.82) is 0 Å². The van der Waals surface area contributed by atoms with Crippen LogP contribution in [0.3, 0.4) is 0 Å². The van der Waals surface area contributed by atoms with E-state index >= 15 is 0 Å². The molecule has 2 N–H and O–H groups in total. The average Bonchev–Trinajstić information content (AvgIpc) is 2.43. The first-order chi connectivity index (χ1) is 10.9. The Morgan fingerprint density at radius 1 is 1.21 bits per heavy atom. The van der Waals surface area contributed by atoms with Gasteiger partial charge in [-0.1, -0.05) is 35.8 Å². The highest BCUT2D eigenvalue weighted by atomic mass is 79.9. The SMILES string of the molecule is CC(C)C(C)(CNC(=O)OC(C)(C)C)NC(=O)c1cccc(Br)c1. The molecular weight excluding hydrogens is 372 g/mol. The minimum Gasteiger partial charge on any atom is -0.444 e. The van der Waals surface area contributed by atoms with Crippen LogP contribution in [0.1, 0.15) is 51.9 Å². The van der Waals surface area contributed by atoms with Crippen molar-refractivity contribution < 1.29 is 14.3 Å². The third-order valence-corrected chi connectivity index (χ3v) is 4.25. The zero-order valence-electron chi connectivity index (χ0n) is 15.2. The molecule has 134 valence electrons. The van der Waals surface area contributed by atoms with Gasteiger partial charge in [-0.05, 0) is 51.8 Å². The Balaban J connectivity index is 2.77. The number of amides is 2. The van der Waals surface area contributed by atoms with E-state index in [1.165, 1.54) is 0 Å². The molecule has 1 unspecified atom stereocenters. The van der Waals surface area contributed by atoms with Gasteiger partial charge in [-0.3, -0.25) is 4.79 Å². The Hall–Kier alpha value is -1.56. The van der Waals surface area contributed by atoms with Gasteiger partial charge in [-0.15, -0.1) is 0 Å². The minimum atomic E-state index is -0.601. The molecule has 1 aromatic carbocycles. The Kier molecular flexibility index (Phi) is 6.84. The first-order valence-corrected chi connectivity index (χ1v) is 8.77. The predicted octanol–water partition coefficient (Wildman–Crippen LogP) is 4.12. The maximum Gasteiger partial charge on any atom is 0.407 e. The van der Waals surface area contributed by atoms with E-state index < -0.39 is 17.2 Å². The fourth-order valence-corrected chi connectivity index (χ4v) is 2.32. The number of carbonyl (C=O) groups is 2. The number of carbonyl (C=O) groups excluding carboxylic acids is 2. The summed E-state index contributed by atoms with van der Waals surface area (Å²) in [6, 6.07) is 7.19.